The van der Waals surface area contributed by atoms with Crippen LogP contribution in [0, 0.1) is 6.92 Å². The normalized spacial score (nSPS) is 18.3. The molecule has 3 rings (SSSR count). The van der Waals surface area contributed by atoms with Gasteiger partial charge in [-0.1, -0.05) is 25.1 Å². The molecule has 8 heteroatoms. The first-order valence-corrected chi connectivity index (χ1v) is 10.8. The number of aryl methyl sites for hydroxylation is 2. The Bertz CT molecular complexity index is 959. The fourth-order valence-corrected chi connectivity index (χ4v) is 5.03. The van der Waals surface area contributed by atoms with Crippen molar-refractivity contribution < 1.29 is 13.2 Å². The van der Waals surface area contributed by atoms with E-state index in [0.717, 1.165) is 17.7 Å². The summed E-state index contributed by atoms with van der Waals surface area (Å²) in [6.07, 6.45) is 1.33. The van der Waals surface area contributed by atoms with E-state index in [0.29, 0.717) is 18.1 Å². The second-order valence-corrected chi connectivity index (χ2v) is 9.02. The zero-order valence-electron chi connectivity index (χ0n) is 15.8. The van der Waals surface area contributed by atoms with Gasteiger partial charge in [-0.3, -0.25) is 4.79 Å². The van der Waals surface area contributed by atoms with Gasteiger partial charge in [-0.05, 0) is 31.4 Å². The van der Waals surface area contributed by atoms with Gasteiger partial charge < -0.3 is 10.2 Å². The van der Waals surface area contributed by atoms with Gasteiger partial charge in [0, 0.05) is 24.8 Å². The molecule has 0 aliphatic carbocycles. The average Bonchev–Trinajstić information content (AvgIpc) is 3.00. The van der Waals surface area contributed by atoms with Crippen molar-refractivity contribution in [3.63, 3.8) is 0 Å². The van der Waals surface area contributed by atoms with Crippen molar-refractivity contribution in [2.75, 3.05) is 23.9 Å². The molecular formula is C19H24N4O3S. The minimum absolute atomic E-state index is 0.00822. The molecule has 0 saturated carbocycles. The van der Waals surface area contributed by atoms with E-state index in [1.165, 1.54) is 4.90 Å². The molecule has 1 atom stereocenters. The Hall–Kier alpha value is -2.48. The number of hydrogen-bond donors (Lipinski definition) is 1. The van der Waals surface area contributed by atoms with E-state index in [1.807, 2.05) is 24.3 Å². The number of para-hydroxylation sites is 1. The van der Waals surface area contributed by atoms with Crippen LogP contribution in [-0.2, 0) is 16.3 Å². The van der Waals surface area contributed by atoms with Crippen LogP contribution in [0.1, 0.15) is 35.2 Å². The minimum Gasteiger partial charge on any atom is -0.340 e. The molecule has 1 aliphatic heterocycles. The first-order valence-electron chi connectivity index (χ1n) is 8.97. The van der Waals surface area contributed by atoms with E-state index in [9.17, 15) is 13.2 Å². The van der Waals surface area contributed by atoms with E-state index in [1.54, 1.807) is 20.0 Å². The highest BCUT2D eigenvalue weighted by Gasteiger charge is 2.33. The van der Waals surface area contributed by atoms with Crippen LogP contribution >= 0.6 is 0 Å². The van der Waals surface area contributed by atoms with Crippen molar-refractivity contribution in [2.24, 2.45) is 0 Å². The van der Waals surface area contributed by atoms with Gasteiger partial charge in [-0.2, -0.15) is 0 Å². The molecule has 27 heavy (non-hydrogen) atoms. The lowest BCUT2D eigenvalue weighted by Gasteiger charge is -2.23. The van der Waals surface area contributed by atoms with Crippen LogP contribution in [0.5, 0.6) is 0 Å². The minimum atomic E-state index is -3.06. The highest BCUT2D eigenvalue weighted by Crippen LogP contribution is 2.22. The Labute approximate surface area is 159 Å². The molecule has 1 aromatic heterocycles. The van der Waals surface area contributed by atoms with Crippen molar-refractivity contribution in [2.45, 2.75) is 32.7 Å². The first-order chi connectivity index (χ1) is 12.8. The molecule has 1 saturated heterocycles. The second-order valence-electron chi connectivity index (χ2n) is 6.79. The standard InChI is InChI=1S/C19H24N4O3S/c1-4-14-7-5-6-8-16(14)22-18-11-17(20-13(2)21-18)19(24)23(3)15-9-10-27(25,26)12-15/h5-8,11,15H,4,9-10,12H2,1-3H3,(H,20,21,22). The van der Waals surface area contributed by atoms with Crippen LogP contribution in [0.15, 0.2) is 30.3 Å². The average molecular weight is 388 g/mol. The van der Waals surface area contributed by atoms with Crippen molar-refractivity contribution >= 4 is 27.2 Å². The topological polar surface area (TPSA) is 92.3 Å². The van der Waals surface area contributed by atoms with Gasteiger partial charge in [0.25, 0.3) is 5.91 Å². The van der Waals surface area contributed by atoms with Crippen LogP contribution in [0.4, 0.5) is 11.5 Å². The molecule has 1 amide bonds. The van der Waals surface area contributed by atoms with Crippen molar-refractivity contribution in [1.29, 1.82) is 0 Å². The summed E-state index contributed by atoms with van der Waals surface area (Å²) in [6.45, 7) is 3.80. The predicted molar refractivity (Wildman–Crippen MR) is 105 cm³/mol. The maximum Gasteiger partial charge on any atom is 0.272 e. The smallest absolute Gasteiger partial charge is 0.272 e. The number of carbonyl (C=O) groups is 1. The lowest BCUT2D eigenvalue weighted by molar-refractivity contribution is 0.0741. The second kappa shape index (κ2) is 7.64. The molecule has 1 unspecified atom stereocenters. The summed E-state index contributed by atoms with van der Waals surface area (Å²) in [5, 5.41) is 3.26. The third-order valence-corrected chi connectivity index (χ3v) is 6.54. The van der Waals surface area contributed by atoms with Crippen molar-refractivity contribution in [3.8, 4) is 0 Å². The molecule has 1 N–H and O–H groups in total. The quantitative estimate of drug-likeness (QED) is 0.845. The highest BCUT2D eigenvalue weighted by molar-refractivity contribution is 7.91. The number of amides is 1. The summed E-state index contributed by atoms with van der Waals surface area (Å²) in [5.41, 5.74) is 2.34. The van der Waals surface area contributed by atoms with Crippen LogP contribution in [-0.4, -0.2) is 53.8 Å². The number of sulfone groups is 1. The Morgan fingerprint density at radius 1 is 1.30 bits per heavy atom. The molecule has 0 radical (unpaired) electrons. The third-order valence-electron chi connectivity index (χ3n) is 4.79. The summed E-state index contributed by atoms with van der Waals surface area (Å²) >= 11 is 0. The number of nitrogens with zero attached hydrogens (tertiary/aromatic N) is 3. The highest BCUT2D eigenvalue weighted by atomic mass is 32.2. The zero-order chi connectivity index (χ0) is 19.6. The van der Waals surface area contributed by atoms with Crippen molar-refractivity contribution in [3.05, 3.63) is 47.4 Å². The molecule has 0 bridgehead atoms. The van der Waals surface area contributed by atoms with Gasteiger partial charge in [0.2, 0.25) is 0 Å². The number of carbonyl (C=O) groups excluding carboxylic acids is 1. The predicted octanol–water partition coefficient (Wildman–Crippen LogP) is 2.35. The van der Waals surface area contributed by atoms with E-state index in [-0.39, 0.29) is 29.1 Å². The van der Waals surface area contributed by atoms with E-state index in [4.69, 9.17) is 0 Å². The number of rotatable bonds is 5. The Balaban J connectivity index is 1.83. The molecule has 144 valence electrons. The summed E-state index contributed by atoms with van der Waals surface area (Å²) in [7, 11) is -1.43. The molecule has 2 aromatic rings. The number of aromatic nitrogens is 2. The molecule has 2 heterocycles. The van der Waals surface area contributed by atoms with E-state index < -0.39 is 9.84 Å². The summed E-state index contributed by atoms with van der Waals surface area (Å²) < 4.78 is 23.4. The summed E-state index contributed by atoms with van der Waals surface area (Å²) in [6, 6.07) is 9.23. The largest absolute Gasteiger partial charge is 0.340 e. The maximum absolute atomic E-state index is 12.8. The maximum atomic E-state index is 12.8. The SMILES string of the molecule is CCc1ccccc1Nc1cc(C(=O)N(C)C2CCS(=O)(=O)C2)nc(C)n1. The van der Waals surface area contributed by atoms with Crippen molar-refractivity contribution in [1.82, 2.24) is 14.9 Å². The van der Waals surface area contributed by atoms with Crippen LogP contribution in [0.25, 0.3) is 0 Å². The van der Waals surface area contributed by atoms with Gasteiger partial charge >= 0.3 is 0 Å². The van der Waals surface area contributed by atoms with Crippen LogP contribution < -0.4 is 5.32 Å². The number of benzene rings is 1. The fraction of sp³-hybridized carbons (Fsp3) is 0.421. The monoisotopic (exact) mass is 388 g/mol. The molecule has 7 nitrogen and oxygen atoms in total. The summed E-state index contributed by atoms with van der Waals surface area (Å²) in [5.74, 6) is 0.853. The third kappa shape index (κ3) is 4.44. The summed E-state index contributed by atoms with van der Waals surface area (Å²) in [4.78, 5) is 23.0. The number of hydrogen-bond acceptors (Lipinski definition) is 6. The van der Waals surface area contributed by atoms with Crippen LogP contribution in [0.2, 0.25) is 0 Å². The van der Waals surface area contributed by atoms with Gasteiger partial charge in [0.05, 0.1) is 11.5 Å². The van der Waals surface area contributed by atoms with E-state index in [2.05, 4.69) is 22.2 Å². The Kier molecular flexibility index (Phi) is 5.46. The van der Waals surface area contributed by atoms with Gasteiger partial charge in [0.1, 0.15) is 17.3 Å². The Morgan fingerprint density at radius 2 is 2.04 bits per heavy atom. The molecule has 1 aromatic carbocycles. The van der Waals surface area contributed by atoms with E-state index >= 15 is 0 Å². The van der Waals surface area contributed by atoms with Gasteiger partial charge in [-0.25, -0.2) is 18.4 Å². The molecule has 1 aliphatic rings. The fourth-order valence-electron chi connectivity index (χ4n) is 3.26. The lowest BCUT2D eigenvalue weighted by atomic mass is 10.1. The Morgan fingerprint density at radius 3 is 2.70 bits per heavy atom. The molecular weight excluding hydrogens is 364 g/mol. The molecule has 0 spiro atoms. The van der Waals surface area contributed by atoms with Crippen LogP contribution in [0.3, 0.4) is 0 Å². The van der Waals surface area contributed by atoms with Gasteiger partial charge in [-0.15, -0.1) is 0 Å². The molecule has 1 fully saturated rings. The zero-order valence-corrected chi connectivity index (χ0v) is 16.6. The number of anilines is 2. The van der Waals surface area contributed by atoms with Gasteiger partial charge in [0.15, 0.2) is 9.84 Å². The first kappa shape index (κ1) is 19.3. The number of nitrogens with one attached hydrogen (secondary N) is 1. The lowest BCUT2D eigenvalue weighted by Crippen LogP contribution is -2.38.